The standard InChI is InChI=1S/C13H9FN4S/c14-10-6-8-12(9-7-10)19-13-15-16-17-18(13)11-4-2-1-3-5-11/h1-9H. The van der Waals surface area contributed by atoms with Crippen molar-refractivity contribution in [2.75, 3.05) is 0 Å². The summed E-state index contributed by atoms with van der Waals surface area (Å²) in [7, 11) is 0. The quantitative estimate of drug-likeness (QED) is 0.735. The third-order valence-electron chi connectivity index (χ3n) is 2.46. The number of para-hydroxylation sites is 1. The highest BCUT2D eigenvalue weighted by atomic mass is 32.2. The number of aromatic nitrogens is 4. The molecule has 0 spiro atoms. The van der Waals surface area contributed by atoms with Crippen molar-refractivity contribution in [1.82, 2.24) is 20.2 Å². The Balaban J connectivity index is 1.91. The number of tetrazole rings is 1. The van der Waals surface area contributed by atoms with Crippen molar-refractivity contribution in [3.63, 3.8) is 0 Å². The summed E-state index contributed by atoms with van der Waals surface area (Å²) in [6.45, 7) is 0. The number of hydrogen-bond donors (Lipinski definition) is 0. The molecule has 6 heteroatoms. The van der Waals surface area contributed by atoms with Gasteiger partial charge in [-0.25, -0.2) is 4.39 Å². The third kappa shape index (κ3) is 2.63. The molecule has 0 radical (unpaired) electrons. The average molecular weight is 272 g/mol. The molecule has 4 nitrogen and oxygen atoms in total. The lowest BCUT2D eigenvalue weighted by Gasteiger charge is -2.03. The van der Waals surface area contributed by atoms with Gasteiger partial charge in [-0.3, -0.25) is 0 Å². The van der Waals surface area contributed by atoms with E-state index in [0.29, 0.717) is 5.16 Å². The lowest BCUT2D eigenvalue weighted by molar-refractivity contribution is 0.626. The summed E-state index contributed by atoms with van der Waals surface area (Å²) in [6, 6.07) is 15.8. The molecule has 0 atom stereocenters. The molecule has 0 saturated heterocycles. The molecular weight excluding hydrogens is 263 g/mol. The Morgan fingerprint density at radius 2 is 1.68 bits per heavy atom. The molecule has 0 aliphatic rings. The molecule has 1 aromatic heterocycles. The summed E-state index contributed by atoms with van der Waals surface area (Å²) in [6.07, 6.45) is 0. The summed E-state index contributed by atoms with van der Waals surface area (Å²) >= 11 is 1.38. The lowest BCUT2D eigenvalue weighted by Crippen LogP contribution is -1.98. The van der Waals surface area contributed by atoms with Crippen LogP contribution in [0.15, 0.2) is 64.6 Å². The number of benzene rings is 2. The van der Waals surface area contributed by atoms with Gasteiger partial charge in [-0.05, 0) is 58.6 Å². The van der Waals surface area contributed by atoms with E-state index < -0.39 is 0 Å². The van der Waals surface area contributed by atoms with Gasteiger partial charge in [-0.15, -0.1) is 5.10 Å². The summed E-state index contributed by atoms with van der Waals surface area (Å²) in [5.41, 5.74) is 0.886. The Morgan fingerprint density at radius 1 is 0.947 bits per heavy atom. The highest BCUT2D eigenvalue weighted by Crippen LogP contribution is 2.26. The zero-order chi connectivity index (χ0) is 13.1. The molecule has 2 aromatic carbocycles. The molecule has 0 aliphatic carbocycles. The summed E-state index contributed by atoms with van der Waals surface area (Å²) in [5, 5.41) is 12.3. The van der Waals surface area contributed by atoms with E-state index >= 15 is 0 Å². The zero-order valence-corrected chi connectivity index (χ0v) is 10.6. The average Bonchev–Trinajstić information content (AvgIpc) is 2.90. The summed E-state index contributed by atoms with van der Waals surface area (Å²) < 4.78 is 14.5. The van der Waals surface area contributed by atoms with Crippen molar-refractivity contribution in [3.8, 4) is 5.69 Å². The molecular formula is C13H9FN4S. The normalized spacial score (nSPS) is 10.6. The van der Waals surface area contributed by atoms with E-state index in [1.807, 2.05) is 30.3 Å². The maximum absolute atomic E-state index is 12.9. The molecule has 0 saturated carbocycles. The van der Waals surface area contributed by atoms with Gasteiger partial charge in [-0.2, -0.15) is 4.68 Å². The Morgan fingerprint density at radius 3 is 2.42 bits per heavy atom. The minimum atomic E-state index is -0.257. The molecule has 0 aliphatic heterocycles. The van der Waals surface area contributed by atoms with E-state index in [4.69, 9.17) is 0 Å². The molecule has 3 rings (SSSR count). The molecule has 0 fully saturated rings. The van der Waals surface area contributed by atoms with Crippen LogP contribution < -0.4 is 0 Å². The maximum Gasteiger partial charge on any atom is 0.218 e. The van der Waals surface area contributed by atoms with Crippen molar-refractivity contribution in [2.45, 2.75) is 10.1 Å². The van der Waals surface area contributed by atoms with E-state index in [9.17, 15) is 4.39 Å². The van der Waals surface area contributed by atoms with Gasteiger partial charge in [0.15, 0.2) is 0 Å². The highest BCUT2D eigenvalue weighted by molar-refractivity contribution is 7.99. The van der Waals surface area contributed by atoms with E-state index in [1.54, 1.807) is 16.8 Å². The van der Waals surface area contributed by atoms with Crippen LogP contribution in [0.25, 0.3) is 5.69 Å². The first-order valence-corrected chi connectivity index (χ1v) is 6.42. The van der Waals surface area contributed by atoms with Crippen LogP contribution in [0.2, 0.25) is 0 Å². The maximum atomic E-state index is 12.9. The van der Waals surface area contributed by atoms with Crippen molar-refractivity contribution in [2.24, 2.45) is 0 Å². The van der Waals surface area contributed by atoms with Crippen LogP contribution in [-0.4, -0.2) is 20.2 Å². The van der Waals surface area contributed by atoms with E-state index in [1.165, 1.54) is 23.9 Å². The van der Waals surface area contributed by atoms with Crippen molar-refractivity contribution >= 4 is 11.8 Å². The van der Waals surface area contributed by atoms with Crippen LogP contribution >= 0.6 is 11.8 Å². The third-order valence-corrected chi connectivity index (χ3v) is 3.41. The fourth-order valence-electron chi connectivity index (χ4n) is 1.58. The van der Waals surface area contributed by atoms with Gasteiger partial charge in [0.05, 0.1) is 5.69 Å². The van der Waals surface area contributed by atoms with Crippen LogP contribution in [0.1, 0.15) is 0 Å². The minimum absolute atomic E-state index is 0.257. The summed E-state index contributed by atoms with van der Waals surface area (Å²) in [4.78, 5) is 0.883. The SMILES string of the molecule is Fc1ccc(Sc2nnnn2-c2ccccc2)cc1. The number of nitrogens with zero attached hydrogens (tertiary/aromatic N) is 4. The first-order chi connectivity index (χ1) is 9.33. The van der Waals surface area contributed by atoms with Crippen molar-refractivity contribution in [3.05, 3.63) is 60.4 Å². The van der Waals surface area contributed by atoms with Crippen molar-refractivity contribution < 1.29 is 4.39 Å². The van der Waals surface area contributed by atoms with Gasteiger partial charge >= 0.3 is 0 Å². The first-order valence-electron chi connectivity index (χ1n) is 5.60. The number of rotatable bonds is 3. The molecule has 0 amide bonds. The number of hydrogen-bond acceptors (Lipinski definition) is 4. The predicted molar refractivity (Wildman–Crippen MR) is 69.7 cm³/mol. The molecule has 0 N–H and O–H groups in total. The first kappa shape index (κ1) is 11.9. The molecule has 19 heavy (non-hydrogen) atoms. The Labute approximate surface area is 113 Å². The molecule has 0 unspecified atom stereocenters. The second kappa shape index (κ2) is 5.19. The number of halogens is 1. The fraction of sp³-hybridized carbons (Fsp3) is 0. The monoisotopic (exact) mass is 272 g/mol. The fourth-order valence-corrected chi connectivity index (χ4v) is 2.37. The second-order valence-electron chi connectivity index (χ2n) is 3.76. The van der Waals surface area contributed by atoms with Gasteiger partial charge in [0.1, 0.15) is 5.82 Å². The lowest BCUT2D eigenvalue weighted by atomic mass is 10.3. The highest BCUT2D eigenvalue weighted by Gasteiger charge is 2.09. The van der Waals surface area contributed by atoms with Crippen LogP contribution in [-0.2, 0) is 0 Å². The molecule has 0 bridgehead atoms. The van der Waals surface area contributed by atoms with Gasteiger partial charge < -0.3 is 0 Å². The van der Waals surface area contributed by atoms with Gasteiger partial charge in [0, 0.05) is 4.90 Å². The zero-order valence-electron chi connectivity index (χ0n) is 9.77. The van der Waals surface area contributed by atoms with Gasteiger partial charge in [0.2, 0.25) is 5.16 Å². The smallest absolute Gasteiger partial charge is 0.207 e. The molecule has 3 aromatic rings. The largest absolute Gasteiger partial charge is 0.218 e. The van der Waals surface area contributed by atoms with Gasteiger partial charge in [-0.1, -0.05) is 18.2 Å². The topological polar surface area (TPSA) is 43.6 Å². The van der Waals surface area contributed by atoms with Gasteiger partial charge in [0.25, 0.3) is 0 Å². The van der Waals surface area contributed by atoms with Crippen LogP contribution in [0.3, 0.4) is 0 Å². The van der Waals surface area contributed by atoms with Crippen LogP contribution in [0.4, 0.5) is 4.39 Å². The van der Waals surface area contributed by atoms with Crippen LogP contribution in [0, 0.1) is 5.82 Å². The predicted octanol–water partition coefficient (Wildman–Crippen LogP) is 2.95. The van der Waals surface area contributed by atoms with E-state index in [0.717, 1.165) is 10.6 Å². The van der Waals surface area contributed by atoms with Crippen LogP contribution in [0.5, 0.6) is 0 Å². The molecule has 94 valence electrons. The minimum Gasteiger partial charge on any atom is -0.207 e. The molecule has 1 heterocycles. The van der Waals surface area contributed by atoms with Crippen molar-refractivity contribution in [1.29, 1.82) is 0 Å². The summed E-state index contributed by atoms with van der Waals surface area (Å²) in [5.74, 6) is -0.257. The van der Waals surface area contributed by atoms with E-state index in [-0.39, 0.29) is 5.82 Å². The second-order valence-corrected chi connectivity index (χ2v) is 4.81. The van der Waals surface area contributed by atoms with E-state index in [2.05, 4.69) is 15.5 Å². The Hall–Kier alpha value is -2.21. The Bertz CT molecular complexity index is 667. The Kier molecular flexibility index (Phi) is 3.24.